The molecule has 3 unspecified atom stereocenters. The number of nitrogens with zero attached hydrogens (tertiary/aromatic N) is 3. The average Bonchev–Trinajstić information content (AvgIpc) is 2.67. The van der Waals surface area contributed by atoms with Crippen molar-refractivity contribution in [1.29, 1.82) is 0 Å². The lowest BCUT2D eigenvalue weighted by Crippen LogP contribution is -2.46. The summed E-state index contributed by atoms with van der Waals surface area (Å²) in [6.07, 6.45) is 0.0194. The molecule has 17 heavy (non-hydrogen) atoms. The summed E-state index contributed by atoms with van der Waals surface area (Å²) < 4.78 is 6.63. The van der Waals surface area contributed by atoms with Crippen molar-refractivity contribution in [1.82, 2.24) is 15.0 Å². The van der Waals surface area contributed by atoms with Crippen molar-refractivity contribution in [2.45, 2.75) is 31.7 Å². The minimum atomic E-state index is -0.932. The van der Waals surface area contributed by atoms with Crippen LogP contribution >= 0.6 is 0 Å². The number of hydrogen-bond acceptors (Lipinski definition) is 6. The van der Waals surface area contributed by atoms with E-state index in [1.54, 1.807) is 4.68 Å². The molecule has 1 fully saturated rings. The van der Waals surface area contributed by atoms with Crippen molar-refractivity contribution in [2.24, 2.45) is 7.05 Å². The molecule has 1 aromatic heterocycles. The first-order chi connectivity index (χ1) is 8.04. The summed E-state index contributed by atoms with van der Waals surface area (Å²) in [6.45, 7) is 2.08. The fraction of sp³-hybridized carbons (Fsp3) is 0.800. The van der Waals surface area contributed by atoms with Gasteiger partial charge >= 0.3 is 0 Å². The lowest BCUT2D eigenvalue weighted by Gasteiger charge is -2.30. The third-order valence-electron chi connectivity index (χ3n) is 2.42. The van der Waals surface area contributed by atoms with Gasteiger partial charge in [-0.25, -0.2) is 0 Å². The van der Waals surface area contributed by atoms with Crippen LogP contribution in [0, 0.1) is 6.92 Å². The van der Waals surface area contributed by atoms with E-state index in [4.69, 9.17) is 20.1 Å². The van der Waals surface area contributed by atoms with Crippen molar-refractivity contribution in [2.75, 3.05) is 13.2 Å². The van der Waals surface area contributed by atoms with Crippen LogP contribution in [-0.4, -0.2) is 61.8 Å². The third kappa shape index (κ3) is 4.39. The van der Waals surface area contributed by atoms with Gasteiger partial charge in [-0.05, 0) is 13.3 Å². The predicted octanol–water partition coefficient (Wildman–Crippen LogP) is -1.39. The van der Waals surface area contributed by atoms with Crippen LogP contribution in [0.2, 0.25) is 0 Å². The van der Waals surface area contributed by atoms with Gasteiger partial charge in [0.15, 0.2) is 0 Å². The van der Waals surface area contributed by atoms with Gasteiger partial charge in [-0.1, -0.05) is 5.21 Å². The Kier molecular flexibility index (Phi) is 5.49. The Hall–Kier alpha value is -1.02. The van der Waals surface area contributed by atoms with E-state index in [1.807, 2.05) is 20.2 Å². The highest BCUT2D eigenvalue weighted by Gasteiger charge is 2.30. The molecule has 98 valence electrons. The molecule has 1 aliphatic rings. The topological polar surface area (TPSA) is 101 Å². The number of aryl methyl sites for hydroxylation is 2. The van der Waals surface area contributed by atoms with Crippen LogP contribution in [0.3, 0.4) is 0 Å². The van der Waals surface area contributed by atoms with Crippen LogP contribution in [0.15, 0.2) is 6.20 Å². The first kappa shape index (κ1) is 14.0. The van der Waals surface area contributed by atoms with Crippen molar-refractivity contribution in [3.05, 3.63) is 11.9 Å². The Morgan fingerprint density at radius 2 is 2.24 bits per heavy atom. The summed E-state index contributed by atoms with van der Waals surface area (Å²) in [7, 11) is 1.85. The van der Waals surface area contributed by atoms with Gasteiger partial charge in [0, 0.05) is 19.9 Å². The van der Waals surface area contributed by atoms with Crippen LogP contribution in [0.4, 0.5) is 0 Å². The monoisotopic (exact) mass is 245 g/mol. The molecule has 0 amide bonds. The molecule has 0 aliphatic carbocycles. The molecule has 0 saturated carbocycles. The first-order valence-corrected chi connectivity index (χ1v) is 5.46. The summed E-state index contributed by atoms with van der Waals surface area (Å²) in [6, 6.07) is 0. The first-order valence-electron chi connectivity index (χ1n) is 5.46. The van der Waals surface area contributed by atoms with Gasteiger partial charge < -0.3 is 20.1 Å². The molecule has 1 aliphatic heterocycles. The summed E-state index contributed by atoms with van der Waals surface area (Å²) in [4.78, 5) is 0. The van der Waals surface area contributed by atoms with Crippen LogP contribution in [0.25, 0.3) is 0 Å². The van der Waals surface area contributed by atoms with Crippen molar-refractivity contribution in [3.63, 3.8) is 0 Å². The summed E-state index contributed by atoms with van der Waals surface area (Å²) in [5.41, 5.74) is 0.961. The highest BCUT2D eigenvalue weighted by atomic mass is 16.5. The van der Waals surface area contributed by atoms with E-state index in [0.717, 1.165) is 5.69 Å². The maximum absolute atomic E-state index is 9.10. The zero-order chi connectivity index (χ0) is 12.8. The lowest BCUT2D eigenvalue weighted by molar-refractivity contribution is -0.147. The number of ether oxygens (including phenoxy) is 1. The molecular weight excluding hydrogens is 226 g/mol. The highest BCUT2D eigenvalue weighted by molar-refractivity contribution is 4.85. The zero-order valence-electron chi connectivity index (χ0n) is 10.0. The second-order valence-electron chi connectivity index (χ2n) is 3.97. The largest absolute Gasteiger partial charge is 0.394 e. The minimum absolute atomic E-state index is 0.238. The van der Waals surface area contributed by atoms with Crippen molar-refractivity contribution < 1.29 is 20.1 Å². The van der Waals surface area contributed by atoms with Crippen LogP contribution < -0.4 is 0 Å². The van der Waals surface area contributed by atoms with E-state index in [0.29, 0.717) is 13.0 Å². The zero-order valence-corrected chi connectivity index (χ0v) is 10.0. The molecular formula is C10H19N3O4. The summed E-state index contributed by atoms with van der Waals surface area (Å²) in [5.74, 6) is 0. The van der Waals surface area contributed by atoms with Gasteiger partial charge in [-0.2, -0.15) is 0 Å². The molecule has 3 atom stereocenters. The fourth-order valence-electron chi connectivity index (χ4n) is 1.48. The average molecular weight is 245 g/mol. The molecule has 0 radical (unpaired) electrons. The SMILES string of the molecule is Cc1cn(C)nn1.OCC1OCCC(O)C1O. The van der Waals surface area contributed by atoms with E-state index in [9.17, 15) is 0 Å². The third-order valence-corrected chi connectivity index (χ3v) is 2.42. The second kappa shape index (κ2) is 6.65. The van der Waals surface area contributed by atoms with E-state index in [2.05, 4.69) is 10.3 Å². The maximum atomic E-state index is 9.10. The Labute approximate surface area is 99.6 Å². The van der Waals surface area contributed by atoms with Crippen LogP contribution in [0.1, 0.15) is 12.1 Å². The van der Waals surface area contributed by atoms with E-state index in [-0.39, 0.29) is 6.61 Å². The van der Waals surface area contributed by atoms with E-state index >= 15 is 0 Å². The van der Waals surface area contributed by atoms with Gasteiger partial charge in [-0.15, -0.1) is 5.10 Å². The van der Waals surface area contributed by atoms with Crippen LogP contribution in [-0.2, 0) is 11.8 Å². The molecule has 1 saturated heterocycles. The lowest BCUT2D eigenvalue weighted by atomic mass is 10.0. The molecule has 0 spiro atoms. The fourth-order valence-corrected chi connectivity index (χ4v) is 1.48. The molecule has 1 aromatic rings. The smallest absolute Gasteiger partial charge is 0.109 e. The standard InChI is InChI=1S/C6H12O4.C4H7N3/c7-3-5-6(9)4(8)1-2-10-5;1-4-3-7(2)6-5-4/h4-9H,1-3H2;3H,1-2H3. The van der Waals surface area contributed by atoms with E-state index in [1.165, 1.54) is 0 Å². The second-order valence-corrected chi connectivity index (χ2v) is 3.97. The Balaban J connectivity index is 0.000000181. The Morgan fingerprint density at radius 1 is 1.53 bits per heavy atom. The van der Waals surface area contributed by atoms with Gasteiger partial charge in [0.1, 0.15) is 12.2 Å². The van der Waals surface area contributed by atoms with Crippen molar-refractivity contribution in [3.8, 4) is 0 Å². The highest BCUT2D eigenvalue weighted by Crippen LogP contribution is 2.13. The summed E-state index contributed by atoms with van der Waals surface area (Å²) in [5, 5.41) is 34.1. The maximum Gasteiger partial charge on any atom is 0.109 e. The van der Waals surface area contributed by atoms with E-state index < -0.39 is 18.3 Å². The van der Waals surface area contributed by atoms with Gasteiger partial charge in [0.05, 0.1) is 18.4 Å². The minimum Gasteiger partial charge on any atom is -0.394 e. The normalized spacial score (nSPS) is 28.4. The van der Waals surface area contributed by atoms with Gasteiger partial charge in [0.25, 0.3) is 0 Å². The Bertz CT molecular complexity index is 315. The van der Waals surface area contributed by atoms with Crippen LogP contribution in [0.5, 0.6) is 0 Å². The number of aliphatic hydroxyl groups is 3. The number of aliphatic hydroxyl groups excluding tert-OH is 3. The molecule has 7 heteroatoms. The number of hydrogen-bond donors (Lipinski definition) is 3. The van der Waals surface area contributed by atoms with Crippen molar-refractivity contribution >= 4 is 0 Å². The summed E-state index contributed by atoms with van der Waals surface area (Å²) >= 11 is 0. The molecule has 0 bridgehead atoms. The Morgan fingerprint density at radius 3 is 2.59 bits per heavy atom. The predicted molar refractivity (Wildman–Crippen MR) is 59.2 cm³/mol. The molecule has 0 aromatic carbocycles. The number of rotatable bonds is 1. The molecule has 7 nitrogen and oxygen atoms in total. The quantitative estimate of drug-likeness (QED) is 0.563. The molecule has 3 N–H and O–H groups in total. The van der Waals surface area contributed by atoms with Gasteiger partial charge in [0.2, 0.25) is 0 Å². The molecule has 2 rings (SSSR count). The van der Waals surface area contributed by atoms with Gasteiger partial charge in [-0.3, -0.25) is 4.68 Å². The molecule has 2 heterocycles. The number of aromatic nitrogens is 3.